The van der Waals surface area contributed by atoms with Crippen molar-refractivity contribution in [2.45, 2.75) is 31.2 Å². The lowest BCUT2D eigenvalue weighted by atomic mass is 9.93. The highest BCUT2D eigenvalue weighted by Crippen LogP contribution is 2.28. The van der Waals surface area contributed by atoms with Gasteiger partial charge in [0.2, 0.25) is 0 Å². The molecule has 2 fully saturated rings. The molecule has 1 aromatic rings. The number of likely N-dealkylation sites (tertiary alicyclic amines) is 1. The third-order valence-electron chi connectivity index (χ3n) is 3.76. The highest BCUT2D eigenvalue weighted by atomic mass is 16.5. The number of aromatic nitrogens is 2. The number of esters is 1. The molecule has 0 amide bonds. The molecule has 3 rings (SSSR count). The molecule has 0 radical (unpaired) electrons. The Morgan fingerprint density at radius 3 is 3.12 bits per heavy atom. The fourth-order valence-corrected chi connectivity index (χ4v) is 2.85. The largest absolute Gasteiger partial charge is 0.464 e. The number of hydrogen-bond donors (Lipinski definition) is 1. The first kappa shape index (κ1) is 10.8. The number of nitrogens with one attached hydrogen (secondary N) is 1. The van der Waals surface area contributed by atoms with Crippen LogP contribution in [0.25, 0.3) is 0 Å². The number of H-pyrrole nitrogens is 1. The van der Waals surface area contributed by atoms with Crippen molar-refractivity contribution in [2.24, 2.45) is 0 Å². The van der Waals surface area contributed by atoms with Gasteiger partial charge in [0.25, 0.3) is 0 Å². The predicted octanol–water partition coefficient (Wildman–Crippen LogP) is 0.905. The van der Waals surface area contributed by atoms with E-state index in [9.17, 15) is 4.79 Å². The van der Waals surface area contributed by atoms with Crippen molar-refractivity contribution in [3.05, 3.63) is 18.0 Å². The van der Waals surface area contributed by atoms with Gasteiger partial charge >= 0.3 is 5.97 Å². The summed E-state index contributed by atoms with van der Waals surface area (Å²) in [5.41, 5.74) is 1.18. The summed E-state index contributed by atoms with van der Waals surface area (Å²) in [6.45, 7) is 2.51. The fourth-order valence-electron chi connectivity index (χ4n) is 2.85. The van der Waals surface area contributed by atoms with E-state index < -0.39 is 0 Å². The van der Waals surface area contributed by atoms with Crippen molar-refractivity contribution in [3.8, 4) is 0 Å². The average Bonchev–Trinajstić information content (AvgIpc) is 2.99. The first-order valence-electron chi connectivity index (χ1n) is 6.24. The molecule has 2 atom stereocenters. The topological polar surface area (TPSA) is 58.2 Å². The molecule has 0 aliphatic carbocycles. The summed E-state index contributed by atoms with van der Waals surface area (Å²) in [6.07, 6.45) is 4.93. The zero-order valence-corrected chi connectivity index (χ0v) is 9.76. The molecule has 5 heteroatoms. The SMILES string of the molecule is O=C1OCC[C@H]1N1CCC[C@@H](c2ccn[nH]2)C1. The number of carbonyl (C=O) groups excluding carboxylic acids is 1. The van der Waals surface area contributed by atoms with Crippen LogP contribution in [0.15, 0.2) is 12.3 Å². The van der Waals surface area contributed by atoms with Gasteiger partial charge in [-0.05, 0) is 25.5 Å². The third kappa shape index (κ3) is 2.07. The van der Waals surface area contributed by atoms with Gasteiger partial charge in [-0.1, -0.05) is 0 Å². The maximum Gasteiger partial charge on any atom is 0.323 e. The summed E-state index contributed by atoms with van der Waals surface area (Å²) in [7, 11) is 0. The Hall–Kier alpha value is -1.36. The molecule has 0 unspecified atom stereocenters. The van der Waals surface area contributed by atoms with Crippen LogP contribution in [0.3, 0.4) is 0 Å². The summed E-state index contributed by atoms with van der Waals surface area (Å²) >= 11 is 0. The molecule has 1 N–H and O–H groups in total. The summed E-state index contributed by atoms with van der Waals surface area (Å²) in [4.78, 5) is 13.9. The van der Waals surface area contributed by atoms with E-state index in [4.69, 9.17) is 4.74 Å². The Kier molecular flexibility index (Phi) is 2.84. The number of carbonyl (C=O) groups is 1. The van der Waals surface area contributed by atoms with E-state index in [1.54, 1.807) is 6.20 Å². The molecule has 2 saturated heterocycles. The van der Waals surface area contributed by atoms with Crippen molar-refractivity contribution in [3.63, 3.8) is 0 Å². The summed E-state index contributed by atoms with van der Waals surface area (Å²) in [5, 5.41) is 7.04. The van der Waals surface area contributed by atoms with Gasteiger partial charge in [0.1, 0.15) is 6.04 Å². The van der Waals surface area contributed by atoms with Crippen LogP contribution in [-0.4, -0.2) is 46.8 Å². The summed E-state index contributed by atoms with van der Waals surface area (Å²) in [5.74, 6) is 0.426. The highest BCUT2D eigenvalue weighted by molar-refractivity contribution is 5.77. The third-order valence-corrected chi connectivity index (χ3v) is 3.76. The van der Waals surface area contributed by atoms with Gasteiger partial charge in [-0.15, -0.1) is 0 Å². The van der Waals surface area contributed by atoms with Gasteiger partial charge in [0, 0.05) is 30.8 Å². The lowest BCUT2D eigenvalue weighted by Gasteiger charge is -2.34. The molecule has 3 heterocycles. The second kappa shape index (κ2) is 4.49. The Balaban J connectivity index is 1.69. The van der Waals surface area contributed by atoms with Crippen molar-refractivity contribution >= 4 is 5.97 Å². The second-order valence-corrected chi connectivity index (χ2v) is 4.82. The normalized spacial score (nSPS) is 30.5. The van der Waals surface area contributed by atoms with Gasteiger partial charge in [-0.3, -0.25) is 14.8 Å². The average molecular weight is 235 g/mol. The molecular weight excluding hydrogens is 218 g/mol. The highest BCUT2D eigenvalue weighted by Gasteiger charge is 2.35. The van der Waals surface area contributed by atoms with Crippen molar-refractivity contribution in [1.29, 1.82) is 0 Å². The smallest absolute Gasteiger partial charge is 0.323 e. The van der Waals surface area contributed by atoms with E-state index >= 15 is 0 Å². The van der Waals surface area contributed by atoms with Gasteiger partial charge in [-0.2, -0.15) is 5.10 Å². The van der Waals surface area contributed by atoms with Crippen LogP contribution >= 0.6 is 0 Å². The van der Waals surface area contributed by atoms with Gasteiger partial charge in [-0.25, -0.2) is 0 Å². The van der Waals surface area contributed by atoms with Crippen molar-refractivity contribution in [2.75, 3.05) is 19.7 Å². The maximum atomic E-state index is 11.6. The molecular formula is C12H17N3O2. The van der Waals surface area contributed by atoms with Crippen LogP contribution in [0.5, 0.6) is 0 Å². The van der Waals surface area contributed by atoms with Crippen molar-refractivity contribution in [1.82, 2.24) is 15.1 Å². The zero-order valence-electron chi connectivity index (χ0n) is 9.76. The molecule has 2 aliphatic heterocycles. The predicted molar refractivity (Wildman–Crippen MR) is 61.5 cm³/mol. The Labute approximate surface area is 100 Å². The number of aromatic amines is 1. The fraction of sp³-hybridized carbons (Fsp3) is 0.667. The first-order chi connectivity index (χ1) is 8.34. The molecule has 5 nitrogen and oxygen atoms in total. The Morgan fingerprint density at radius 2 is 2.41 bits per heavy atom. The van der Waals surface area contributed by atoms with Crippen LogP contribution in [0, 0.1) is 0 Å². The minimum Gasteiger partial charge on any atom is -0.464 e. The first-order valence-corrected chi connectivity index (χ1v) is 6.24. The van der Waals surface area contributed by atoms with E-state index in [1.165, 1.54) is 12.1 Å². The van der Waals surface area contributed by atoms with Crippen LogP contribution in [0.2, 0.25) is 0 Å². The molecule has 0 saturated carbocycles. The Bertz CT molecular complexity index is 390. The monoisotopic (exact) mass is 235 g/mol. The number of nitrogens with zero attached hydrogens (tertiary/aromatic N) is 2. The minimum absolute atomic E-state index is 0.0132. The standard InChI is InChI=1S/C12H17N3O2/c16-12-11(4-7-17-12)15-6-1-2-9(8-15)10-3-5-13-14-10/h3,5,9,11H,1-2,4,6-8H2,(H,13,14)/t9-,11-/m1/s1. The molecule has 0 spiro atoms. The quantitative estimate of drug-likeness (QED) is 0.774. The van der Waals surface area contributed by atoms with Crippen LogP contribution in [0.4, 0.5) is 0 Å². The minimum atomic E-state index is -0.0461. The van der Waals surface area contributed by atoms with Gasteiger partial charge < -0.3 is 4.74 Å². The van der Waals surface area contributed by atoms with E-state index in [0.29, 0.717) is 12.5 Å². The van der Waals surface area contributed by atoms with E-state index in [-0.39, 0.29) is 12.0 Å². The Morgan fingerprint density at radius 1 is 1.47 bits per heavy atom. The number of ether oxygens (including phenoxy) is 1. The second-order valence-electron chi connectivity index (χ2n) is 4.82. The van der Waals surface area contributed by atoms with Crippen LogP contribution < -0.4 is 0 Å². The molecule has 2 aliphatic rings. The van der Waals surface area contributed by atoms with Gasteiger partial charge in [0.15, 0.2) is 0 Å². The van der Waals surface area contributed by atoms with Crippen LogP contribution in [-0.2, 0) is 9.53 Å². The molecule has 17 heavy (non-hydrogen) atoms. The summed E-state index contributed by atoms with van der Waals surface area (Å²) < 4.78 is 5.04. The van der Waals surface area contributed by atoms with Crippen molar-refractivity contribution < 1.29 is 9.53 Å². The van der Waals surface area contributed by atoms with Crippen LogP contribution in [0.1, 0.15) is 30.9 Å². The van der Waals surface area contributed by atoms with Gasteiger partial charge in [0.05, 0.1) is 6.61 Å². The molecule has 0 bridgehead atoms. The summed E-state index contributed by atoms with van der Waals surface area (Å²) in [6, 6.07) is 2.02. The number of piperidine rings is 1. The lowest BCUT2D eigenvalue weighted by Crippen LogP contribution is -2.44. The lowest BCUT2D eigenvalue weighted by molar-refractivity contribution is -0.142. The molecule has 92 valence electrons. The maximum absolute atomic E-state index is 11.6. The zero-order chi connectivity index (χ0) is 11.7. The van der Waals surface area contributed by atoms with E-state index in [0.717, 1.165) is 25.9 Å². The molecule has 0 aromatic carbocycles. The van der Waals surface area contributed by atoms with E-state index in [2.05, 4.69) is 15.1 Å². The number of rotatable bonds is 2. The number of hydrogen-bond acceptors (Lipinski definition) is 4. The van der Waals surface area contributed by atoms with E-state index in [1.807, 2.05) is 6.07 Å². The number of cyclic esters (lactones) is 1. The molecule has 1 aromatic heterocycles.